The van der Waals surface area contributed by atoms with Gasteiger partial charge < -0.3 is 5.32 Å². The van der Waals surface area contributed by atoms with E-state index < -0.39 is 0 Å². The zero-order valence-corrected chi connectivity index (χ0v) is 12.7. The summed E-state index contributed by atoms with van der Waals surface area (Å²) in [5.41, 5.74) is 4.14. The molecule has 0 spiro atoms. The summed E-state index contributed by atoms with van der Waals surface area (Å²) in [5, 5.41) is 9.75. The number of benzene rings is 2. The quantitative estimate of drug-likeness (QED) is 0.833. The lowest BCUT2D eigenvalue weighted by Crippen LogP contribution is -2.22. The van der Waals surface area contributed by atoms with E-state index in [0.29, 0.717) is 0 Å². The normalized spacial score (nSPS) is 19.7. The van der Waals surface area contributed by atoms with Crippen LogP contribution in [0.15, 0.2) is 77.5 Å². The maximum Gasteiger partial charge on any atom is 0.123 e. The summed E-state index contributed by atoms with van der Waals surface area (Å²) in [6, 6.07) is 20.1. The number of hydrazone groups is 1. The first-order valence-electron chi connectivity index (χ1n) is 6.85. The highest BCUT2D eigenvalue weighted by Crippen LogP contribution is 2.29. The molecule has 4 heteroatoms. The summed E-state index contributed by atoms with van der Waals surface area (Å²) >= 11 is 4.70. The van der Waals surface area contributed by atoms with Gasteiger partial charge in [0.2, 0.25) is 0 Å². The Labute approximate surface area is 130 Å². The van der Waals surface area contributed by atoms with Crippen molar-refractivity contribution in [2.45, 2.75) is 12.3 Å². The molecule has 3 nitrogen and oxygen atoms in total. The number of nitrogens with zero attached hydrogens (tertiary/aromatic N) is 2. The van der Waals surface area contributed by atoms with Crippen LogP contribution in [-0.4, -0.2) is 11.1 Å². The van der Waals surface area contributed by atoms with E-state index in [1.165, 1.54) is 0 Å². The lowest BCUT2D eigenvalue weighted by atomic mass is 10.2. The van der Waals surface area contributed by atoms with Gasteiger partial charge in [0.1, 0.15) is 5.37 Å². The molecule has 0 aromatic heterocycles. The van der Waals surface area contributed by atoms with E-state index in [1.807, 2.05) is 78.8 Å². The first-order chi connectivity index (χ1) is 10.3. The van der Waals surface area contributed by atoms with Crippen LogP contribution in [0.2, 0.25) is 0 Å². The second kappa shape index (κ2) is 6.06. The molecule has 1 aliphatic heterocycles. The molecule has 1 aliphatic rings. The van der Waals surface area contributed by atoms with Crippen molar-refractivity contribution in [1.29, 1.82) is 0 Å². The van der Waals surface area contributed by atoms with Crippen LogP contribution in [0.4, 0.5) is 11.4 Å². The van der Waals surface area contributed by atoms with Crippen molar-refractivity contribution in [3.8, 4) is 0 Å². The Morgan fingerprint density at radius 2 is 1.67 bits per heavy atom. The molecule has 0 saturated carbocycles. The van der Waals surface area contributed by atoms with Crippen LogP contribution in [-0.2, 0) is 0 Å². The Kier molecular flexibility index (Phi) is 3.97. The number of anilines is 2. The van der Waals surface area contributed by atoms with Gasteiger partial charge in [-0.05, 0) is 31.2 Å². The van der Waals surface area contributed by atoms with Gasteiger partial charge in [-0.25, -0.2) is 5.01 Å². The van der Waals surface area contributed by atoms with Crippen LogP contribution in [0.1, 0.15) is 6.92 Å². The fourth-order valence-electron chi connectivity index (χ4n) is 2.25. The predicted octanol–water partition coefficient (Wildman–Crippen LogP) is 4.13. The molecule has 0 aliphatic carbocycles. The second-order valence-electron chi connectivity index (χ2n) is 4.85. The third-order valence-corrected chi connectivity index (χ3v) is 3.87. The maximum atomic E-state index is 4.70. The number of para-hydroxylation sites is 2. The third-order valence-electron chi connectivity index (χ3n) is 3.37. The SMILES string of the molecule is CC1=NN(c2ccccc2)C(S)/C1=C/Nc1ccccc1. The van der Waals surface area contributed by atoms with Crippen LogP contribution < -0.4 is 10.3 Å². The Morgan fingerprint density at radius 1 is 1.05 bits per heavy atom. The van der Waals surface area contributed by atoms with Crippen LogP contribution in [0.3, 0.4) is 0 Å². The molecule has 21 heavy (non-hydrogen) atoms. The number of thiol groups is 1. The van der Waals surface area contributed by atoms with Crippen molar-refractivity contribution in [3.63, 3.8) is 0 Å². The zero-order valence-electron chi connectivity index (χ0n) is 11.8. The Hall–Kier alpha value is -2.20. The van der Waals surface area contributed by atoms with Gasteiger partial charge in [-0.3, -0.25) is 0 Å². The van der Waals surface area contributed by atoms with Crippen molar-refractivity contribution < 1.29 is 0 Å². The predicted molar refractivity (Wildman–Crippen MR) is 93.0 cm³/mol. The molecule has 0 bridgehead atoms. The molecule has 106 valence electrons. The van der Waals surface area contributed by atoms with Crippen molar-refractivity contribution in [2.75, 3.05) is 10.3 Å². The van der Waals surface area contributed by atoms with Crippen LogP contribution in [0.25, 0.3) is 0 Å². The van der Waals surface area contributed by atoms with Gasteiger partial charge in [0.25, 0.3) is 0 Å². The second-order valence-corrected chi connectivity index (χ2v) is 5.34. The minimum absolute atomic E-state index is 0.0800. The molecule has 2 aromatic rings. The summed E-state index contributed by atoms with van der Waals surface area (Å²) in [6.45, 7) is 2.00. The monoisotopic (exact) mass is 295 g/mol. The van der Waals surface area contributed by atoms with Crippen molar-refractivity contribution in [2.24, 2.45) is 5.10 Å². The summed E-state index contributed by atoms with van der Waals surface area (Å²) in [7, 11) is 0. The average molecular weight is 295 g/mol. The van der Waals surface area contributed by atoms with Crippen LogP contribution >= 0.6 is 12.6 Å². The fraction of sp³-hybridized carbons (Fsp3) is 0.118. The molecule has 2 aromatic carbocycles. The van der Waals surface area contributed by atoms with Crippen molar-refractivity contribution >= 4 is 29.7 Å². The van der Waals surface area contributed by atoms with Gasteiger partial charge in [-0.15, -0.1) is 12.6 Å². The largest absolute Gasteiger partial charge is 0.361 e. The average Bonchev–Trinajstić information content (AvgIpc) is 2.82. The molecule has 1 unspecified atom stereocenters. The van der Waals surface area contributed by atoms with E-state index in [2.05, 4.69) is 10.4 Å². The van der Waals surface area contributed by atoms with Gasteiger partial charge in [0.05, 0.1) is 11.4 Å². The smallest absolute Gasteiger partial charge is 0.123 e. The van der Waals surface area contributed by atoms with E-state index >= 15 is 0 Å². The highest BCUT2D eigenvalue weighted by atomic mass is 32.1. The number of hydrogen-bond donors (Lipinski definition) is 2. The molecule has 0 saturated heterocycles. The maximum absolute atomic E-state index is 4.70. The van der Waals surface area contributed by atoms with Gasteiger partial charge in [-0.1, -0.05) is 36.4 Å². The van der Waals surface area contributed by atoms with Crippen LogP contribution in [0.5, 0.6) is 0 Å². The number of nitrogens with one attached hydrogen (secondary N) is 1. The number of rotatable bonds is 3. The molecule has 0 fully saturated rings. The molecule has 0 amide bonds. The molecular weight excluding hydrogens is 278 g/mol. The highest BCUT2D eigenvalue weighted by Gasteiger charge is 2.27. The third kappa shape index (κ3) is 2.95. The van der Waals surface area contributed by atoms with Gasteiger partial charge in [0.15, 0.2) is 0 Å². The van der Waals surface area contributed by atoms with E-state index in [4.69, 9.17) is 12.6 Å². The lowest BCUT2D eigenvalue weighted by molar-refractivity contribution is 0.929. The topological polar surface area (TPSA) is 27.6 Å². The summed E-state index contributed by atoms with van der Waals surface area (Å²) in [6.07, 6.45) is 1.98. The summed E-state index contributed by atoms with van der Waals surface area (Å²) < 4.78 is 0. The van der Waals surface area contributed by atoms with Crippen molar-refractivity contribution in [3.05, 3.63) is 72.4 Å². The Balaban J connectivity index is 1.81. The van der Waals surface area contributed by atoms with Crippen molar-refractivity contribution in [1.82, 2.24) is 0 Å². The fourth-order valence-corrected chi connectivity index (χ4v) is 2.69. The van der Waals surface area contributed by atoms with Gasteiger partial charge >= 0.3 is 0 Å². The first kappa shape index (κ1) is 13.8. The molecule has 0 radical (unpaired) electrons. The van der Waals surface area contributed by atoms with E-state index in [9.17, 15) is 0 Å². The number of hydrogen-bond acceptors (Lipinski definition) is 4. The molecule has 1 heterocycles. The van der Waals surface area contributed by atoms with E-state index in [-0.39, 0.29) is 5.37 Å². The van der Waals surface area contributed by atoms with E-state index in [0.717, 1.165) is 22.7 Å². The molecule has 1 N–H and O–H groups in total. The molecule has 3 rings (SSSR count). The molecule has 1 atom stereocenters. The Morgan fingerprint density at radius 3 is 2.33 bits per heavy atom. The standard InChI is InChI=1S/C17H17N3S/c1-13-16(12-18-14-8-4-2-5-9-14)17(21)20(19-13)15-10-6-3-7-11-15/h2-12,17-18,21H,1H3/b16-12+. The first-order valence-corrected chi connectivity index (χ1v) is 7.37. The van der Waals surface area contributed by atoms with Gasteiger partial charge in [-0.2, -0.15) is 5.10 Å². The summed E-state index contributed by atoms with van der Waals surface area (Å²) in [5.74, 6) is 0. The zero-order chi connectivity index (χ0) is 14.7. The lowest BCUT2D eigenvalue weighted by Gasteiger charge is -2.20. The van der Waals surface area contributed by atoms with E-state index in [1.54, 1.807) is 0 Å². The minimum Gasteiger partial charge on any atom is -0.361 e. The van der Waals surface area contributed by atoms with Crippen LogP contribution in [0, 0.1) is 0 Å². The minimum atomic E-state index is -0.0800. The molecular formula is C17H17N3S. The Bertz CT molecular complexity index is 665. The van der Waals surface area contributed by atoms with Gasteiger partial charge in [0, 0.05) is 17.5 Å². The highest BCUT2D eigenvalue weighted by molar-refractivity contribution is 7.81. The summed E-state index contributed by atoms with van der Waals surface area (Å²) in [4.78, 5) is 0.